The topological polar surface area (TPSA) is 52.5 Å². The summed E-state index contributed by atoms with van der Waals surface area (Å²) in [6.45, 7) is 1.81. The van der Waals surface area contributed by atoms with E-state index in [1.54, 1.807) is 6.07 Å². The van der Waals surface area contributed by atoms with E-state index in [0.29, 0.717) is 0 Å². The zero-order valence-electron chi connectivity index (χ0n) is 8.74. The van der Waals surface area contributed by atoms with Crippen LogP contribution in [-0.4, -0.2) is 16.8 Å². The first-order valence-electron chi connectivity index (χ1n) is 5.47. The van der Waals surface area contributed by atoms with Crippen LogP contribution in [0.5, 0.6) is 11.5 Å². The van der Waals surface area contributed by atoms with Crippen molar-refractivity contribution >= 4 is 0 Å². The van der Waals surface area contributed by atoms with Crippen LogP contribution in [0.3, 0.4) is 0 Å². The molecular weight excluding hydrogens is 190 g/mol. The molecule has 0 atom stereocenters. The second-order valence-corrected chi connectivity index (χ2v) is 4.25. The number of benzene rings is 1. The number of phenolic OH excluding ortho intramolecular Hbond substituents is 2. The molecular formula is C12H17NO2. The lowest BCUT2D eigenvalue weighted by Crippen LogP contribution is -2.26. The molecule has 0 radical (unpaired) electrons. The monoisotopic (exact) mass is 207 g/mol. The molecule has 1 aliphatic carbocycles. The van der Waals surface area contributed by atoms with Crippen LogP contribution in [0, 0.1) is 5.92 Å². The van der Waals surface area contributed by atoms with Gasteiger partial charge in [0.05, 0.1) is 0 Å². The number of hydrogen-bond donors (Lipinski definition) is 3. The van der Waals surface area contributed by atoms with Gasteiger partial charge in [0, 0.05) is 6.54 Å². The van der Waals surface area contributed by atoms with E-state index in [4.69, 9.17) is 5.11 Å². The van der Waals surface area contributed by atoms with Crippen LogP contribution in [-0.2, 0) is 6.54 Å². The molecule has 0 heterocycles. The summed E-state index contributed by atoms with van der Waals surface area (Å²) in [6, 6.07) is 4.95. The van der Waals surface area contributed by atoms with Gasteiger partial charge >= 0.3 is 0 Å². The highest BCUT2D eigenvalue weighted by molar-refractivity contribution is 5.40. The van der Waals surface area contributed by atoms with Crippen LogP contribution in [0.15, 0.2) is 18.2 Å². The molecule has 1 fully saturated rings. The number of rotatable bonds is 4. The molecule has 0 saturated heterocycles. The molecule has 2 rings (SSSR count). The largest absolute Gasteiger partial charge is 0.504 e. The Balaban J connectivity index is 1.79. The highest BCUT2D eigenvalue weighted by atomic mass is 16.3. The first-order valence-corrected chi connectivity index (χ1v) is 5.47. The van der Waals surface area contributed by atoms with Gasteiger partial charge in [-0.25, -0.2) is 0 Å². The summed E-state index contributed by atoms with van der Waals surface area (Å²) in [5, 5.41) is 21.8. The van der Waals surface area contributed by atoms with Crippen LogP contribution < -0.4 is 5.32 Å². The molecule has 1 saturated carbocycles. The molecule has 0 unspecified atom stereocenters. The summed E-state index contributed by atoms with van der Waals surface area (Å²) in [7, 11) is 0. The summed E-state index contributed by atoms with van der Waals surface area (Å²) in [4.78, 5) is 0. The molecule has 0 aromatic heterocycles. The smallest absolute Gasteiger partial charge is 0.157 e. The fourth-order valence-corrected chi connectivity index (χ4v) is 1.80. The van der Waals surface area contributed by atoms with E-state index >= 15 is 0 Å². The van der Waals surface area contributed by atoms with E-state index in [9.17, 15) is 5.11 Å². The van der Waals surface area contributed by atoms with Gasteiger partial charge in [0.15, 0.2) is 11.5 Å². The molecule has 0 spiro atoms. The number of aromatic hydroxyl groups is 2. The van der Waals surface area contributed by atoms with Gasteiger partial charge in [0.25, 0.3) is 0 Å². The molecule has 15 heavy (non-hydrogen) atoms. The zero-order chi connectivity index (χ0) is 10.7. The molecule has 0 amide bonds. The lowest BCUT2D eigenvalue weighted by molar-refractivity contribution is 0.301. The Morgan fingerprint density at radius 3 is 2.60 bits per heavy atom. The minimum absolute atomic E-state index is 0.0436. The molecule has 82 valence electrons. The van der Waals surface area contributed by atoms with Gasteiger partial charge in [-0.2, -0.15) is 0 Å². The van der Waals surface area contributed by atoms with E-state index in [0.717, 1.165) is 24.6 Å². The predicted molar refractivity (Wildman–Crippen MR) is 58.8 cm³/mol. The average molecular weight is 207 g/mol. The zero-order valence-corrected chi connectivity index (χ0v) is 8.74. The molecule has 0 bridgehead atoms. The van der Waals surface area contributed by atoms with Crippen LogP contribution in [0.4, 0.5) is 0 Å². The van der Waals surface area contributed by atoms with E-state index < -0.39 is 0 Å². The maximum absolute atomic E-state index is 9.29. The fraction of sp³-hybridized carbons (Fsp3) is 0.500. The van der Waals surface area contributed by atoms with Gasteiger partial charge in [-0.3, -0.25) is 0 Å². The summed E-state index contributed by atoms with van der Waals surface area (Å²) in [6.07, 6.45) is 4.05. The molecule has 0 aliphatic heterocycles. The summed E-state index contributed by atoms with van der Waals surface area (Å²) in [5.74, 6) is 0.742. The van der Waals surface area contributed by atoms with Crippen molar-refractivity contribution in [1.29, 1.82) is 0 Å². The maximum atomic E-state index is 9.29. The van der Waals surface area contributed by atoms with E-state index in [-0.39, 0.29) is 11.5 Å². The Bertz CT molecular complexity index is 334. The summed E-state index contributed by atoms with van der Waals surface area (Å²) >= 11 is 0. The minimum Gasteiger partial charge on any atom is -0.504 e. The van der Waals surface area contributed by atoms with Crippen molar-refractivity contribution in [2.45, 2.75) is 25.8 Å². The standard InChI is InChI=1S/C12H17NO2/c14-11-5-4-10(6-12(11)15)8-13-7-9-2-1-3-9/h4-6,9,13-15H,1-3,7-8H2. The minimum atomic E-state index is -0.0576. The van der Waals surface area contributed by atoms with Crippen molar-refractivity contribution in [3.8, 4) is 11.5 Å². The van der Waals surface area contributed by atoms with E-state index in [1.807, 2.05) is 6.07 Å². The van der Waals surface area contributed by atoms with Crippen LogP contribution in [0.2, 0.25) is 0 Å². The Kier molecular flexibility index (Phi) is 3.11. The Hall–Kier alpha value is -1.22. The Labute approximate surface area is 89.8 Å². The quantitative estimate of drug-likeness (QED) is 0.662. The fourth-order valence-electron chi connectivity index (χ4n) is 1.80. The normalized spacial score (nSPS) is 16.3. The van der Waals surface area contributed by atoms with Crippen molar-refractivity contribution in [3.63, 3.8) is 0 Å². The molecule has 3 heteroatoms. The lowest BCUT2D eigenvalue weighted by atomic mass is 9.85. The highest BCUT2D eigenvalue weighted by Crippen LogP contribution is 2.26. The van der Waals surface area contributed by atoms with Crippen molar-refractivity contribution in [2.75, 3.05) is 6.54 Å². The van der Waals surface area contributed by atoms with Gasteiger partial charge in [-0.15, -0.1) is 0 Å². The Morgan fingerprint density at radius 1 is 1.20 bits per heavy atom. The van der Waals surface area contributed by atoms with Gasteiger partial charge in [0.1, 0.15) is 0 Å². The second kappa shape index (κ2) is 4.53. The maximum Gasteiger partial charge on any atom is 0.157 e. The number of phenols is 2. The second-order valence-electron chi connectivity index (χ2n) is 4.25. The lowest BCUT2D eigenvalue weighted by Gasteiger charge is -2.25. The van der Waals surface area contributed by atoms with Gasteiger partial charge in [0.2, 0.25) is 0 Å². The van der Waals surface area contributed by atoms with Crippen LogP contribution >= 0.6 is 0 Å². The molecule has 1 aromatic carbocycles. The average Bonchev–Trinajstić information content (AvgIpc) is 2.15. The van der Waals surface area contributed by atoms with Crippen molar-refractivity contribution in [3.05, 3.63) is 23.8 Å². The molecule has 1 aromatic rings. The van der Waals surface area contributed by atoms with Crippen molar-refractivity contribution in [2.24, 2.45) is 5.92 Å². The van der Waals surface area contributed by atoms with Crippen molar-refractivity contribution in [1.82, 2.24) is 5.32 Å². The number of hydrogen-bond acceptors (Lipinski definition) is 3. The third kappa shape index (κ3) is 2.63. The SMILES string of the molecule is Oc1ccc(CNCC2CCC2)cc1O. The third-order valence-electron chi connectivity index (χ3n) is 3.03. The summed E-state index contributed by atoms with van der Waals surface area (Å²) in [5.41, 5.74) is 1.00. The van der Waals surface area contributed by atoms with Gasteiger partial charge < -0.3 is 15.5 Å². The first-order chi connectivity index (χ1) is 7.25. The van der Waals surface area contributed by atoms with Crippen molar-refractivity contribution < 1.29 is 10.2 Å². The third-order valence-corrected chi connectivity index (χ3v) is 3.03. The highest BCUT2D eigenvalue weighted by Gasteiger charge is 2.16. The van der Waals surface area contributed by atoms with E-state index in [2.05, 4.69) is 5.32 Å². The van der Waals surface area contributed by atoms with Crippen LogP contribution in [0.1, 0.15) is 24.8 Å². The van der Waals surface area contributed by atoms with Gasteiger partial charge in [-0.1, -0.05) is 12.5 Å². The Morgan fingerprint density at radius 2 is 2.00 bits per heavy atom. The van der Waals surface area contributed by atoms with E-state index in [1.165, 1.54) is 25.3 Å². The molecule has 1 aliphatic rings. The van der Waals surface area contributed by atoms with Gasteiger partial charge in [-0.05, 0) is 43.0 Å². The first kappa shape index (κ1) is 10.3. The molecule has 3 nitrogen and oxygen atoms in total. The van der Waals surface area contributed by atoms with Crippen LogP contribution in [0.25, 0.3) is 0 Å². The molecule has 3 N–H and O–H groups in total. The predicted octanol–water partition coefficient (Wildman–Crippen LogP) is 1.99. The number of nitrogens with one attached hydrogen (secondary N) is 1. The summed E-state index contributed by atoms with van der Waals surface area (Å²) < 4.78 is 0.